The molecule has 2 unspecified atom stereocenters. The Morgan fingerprint density at radius 1 is 1.46 bits per heavy atom. The Labute approximate surface area is 103 Å². The van der Waals surface area contributed by atoms with Gasteiger partial charge in [0, 0.05) is 6.42 Å². The SMILES string of the molecule is CCCC(C)CCCC(=O)C(Br)I. The maximum absolute atomic E-state index is 11.2. The third kappa shape index (κ3) is 7.91. The predicted molar refractivity (Wildman–Crippen MR) is 69.7 cm³/mol. The Morgan fingerprint density at radius 2 is 2.08 bits per heavy atom. The first-order valence-electron chi connectivity index (χ1n) is 4.88. The van der Waals surface area contributed by atoms with Gasteiger partial charge < -0.3 is 0 Å². The van der Waals surface area contributed by atoms with Crippen LogP contribution in [0.3, 0.4) is 0 Å². The number of Topliss-reactive ketones (excluding diaryl/α,β-unsaturated/α-hetero) is 1. The van der Waals surface area contributed by atoms with Crippen LogP contribution in [0, 0.1) is 5.92 Å². The Bertz CT molecular complexity index is 148. The van der Waals surface area contributed by atoms with Crippen molar-refractivity contribution in [3.8, 4) is 0 Å². The van der Waals surface area contributed by atoms with E-state index in [0.29, 0.717) is 5.78 Å². The molecule has 0 saturated heterocycles. The molecule has 3 heteroatoms. The first-order valence-corrected chi connectivity index (χ1v) is 7.05. The lowest BCUT2D eigenvalue weighted by Crippen LogP contribution is -2.06. The van der Waals surface area contributed by atoms with Crippen molar-refractivity contribution >= 4 is 44.3 Å². The topological polar surface area (TPSA) is 17.1 Å². The van der Waals surface area contributed by atoms with Gasteiger partial charge in [-0.1, -0.05) is 71.6 Å². The first-order chi connectivity index (χ1) is 6.07. The number of hydrogen-bond acceptors (Lipinski definition) is 1. The third-order valence-corrected chi connectivity index (χ3v) is 3.35. The molecule has 13 heavy (non-hydrogen) atoms. The van der Waals surface area contributed by atoms with Crippen LogP contribution in [0.5, 0.6) is 0 Å². The number of rotatable bonds is 7. The summed E-state index contributed by atoms with van der Waals surface area (Å²) in [6, 6.07) is 0. The summed E-state index contributed by atoms with van der Waals surface area (Å²) in [5, 5.41) is 0. The van der Waals surface area contributed by atoms with Crippen molar-refractivity contribution in [1.82, 2.24) is 0 Å². The van der Waals surface area contributed by atoms with Crippen LogP contribution in [-0.2, 0) is 4.79 Å². The van der Waals surface area contributed by atoms with Gasteiger partial charge in [0.1, 0.15) is 2.83 Å². The van der Waals surface area contributed by atoms with Crippen LogP contribution >= 0.6 is 38.5 Å². The number of hydrogen-bond donors (Lipinski definition) is 0. The molecule has 0 fully saturated rings. The van der Waals surface area contributed by atoms with Gasteiger partial charge in [0.2, 0.25) is 0 Å². The van der Waals surface area contributed by atoms with Crippen molar-refractivity contribution in [3.63, 3.8) is 0 Å². The van der Waals surface area contributed by atoms with Crippen LogP contribution in [-0.4, -0.2) is 8.62 Å². The molecule has 0 N–H and O–H groups in total. The summed E-state index contributed by atoms with van der Waals surface area (Å²) < 4.78 is 0.00609. The molecule has 2 atom stereocenters. The van der Waals surface area contributed by atoms with Gasteiger partial charge in [0.15, 0.2) is 5.78 Å². The zero-order chi connectivity index (χ0) is 10.3. The highest BCUT2D eigenvalue weighted by Gasteiger charge is 2.10. The summed E-state index contributed by atoms with van der Waals surface area (Å²) in [5.74, 6) is 1.10. The van der Waals surface area contributed by atoms with Gasteiger partial charge in [-0.2, -0.15) is 0 Å². The van der Waals surface area contributed by atoms with Crippen LogP contribution in [0.25, 0.3) is 0 Å². The third-order valence-electron chi connectivity index (χ3n) is 2.14. The summed E-state index contributed by atoms with van der Waals surface area (Å²) >= 11 is 5.38. The Hall–Kier alpha value is 0.880. The van der Waals surface area contributed by atoms with Crippen molar-refractivity contribution in [3.05, 3.63) is 0 Å². The molecule has 0 aliphatic heterocycles. The number of carbonyl (C=O) groups is 1. The minimum absolute atomic E-state index is 0.00609. The highest BCUT2D eigenvalue weighted by molar-refractivity contribution is 14.1. The Balaban J connectivity index is 3.39. The average Bonchev–Trinajstić information content (AvgIpc) is 2.04. The number of ketones is 1. The Morgan fingerprint density at radius 3 is 2.54 bits per heavy atom. The second-order valence-corrected chi connectivity index (χ2v) is 7.43. The van der Waals surface area contributed by atoms with E-state index in [-0.39, 0.29) is 2.83 Å². The van der Waals surface area contributed by atoms with Crippen molar-refractivity contribution < 1.29 is 4.79 Å². The van der Waals surface area contributed by atoms with Gasteiger partial charge in [-0.05, 0) is 12.3 Å². The molecule has 0 aromatic heterocycles. The normalized spacial score (nSPS) is 15.4. The van der Waals surface area contributed by atoms with E-state index in [9.17, 15) is 4.79 Å². The van der Waals surface area contributed by atoms with Gasteiger partial charge in [0.25, 0.3) is 0 Å². The van der Waals surface area contributed by atoms with Gasteiger partial charge in [0.05, 0.1) is 0 Å². The second-order valence-electron chi connectivity index (χ2n) is 3.55. The van der Waals surface area contributed by atoms with Gasteiger partial charge in [-0.25, -0.2) is 0 Å². The molecule has 0 bridgehead atoms. The van der Waals surface area contributed by atoms with E-state index in [1.165, 1.54) is 19.3 Å². The quantitative estimate of drug-likeness (QED) is 0.488. The molecule has 0 rings (SSSR count). The van der Waals surface area contributed by atoms with E-state index < -0.39 is 0 Å². The second kappa shape index (κ2) is 8.21. The Kier molecular flexibility index (Phi) is 8.77. The highest BCUT2D eigenvalue weighted by Crippen LogP contribution is 2.17. The zero-order valence-electron chi connectivity index (χ0n) is 8.35. The number of carbonyl (C=O) groups excluding carboxylic acids is 1. The van der Waals surface area contributed by atoms with E-state index in [1.54, 1.807) is 0 Å². The summed E-state index contributed by atoms with van der Waals surface area (Å²) in [6.45, 7) is 4.48. The highest BCUT2D eigenvalue weighted by atomic mass is 127. The molecule has 78 valence electrons. The molecule has 0 saturated carbocycles. The fourth-order valence-corrected chi connectivity index (χ4v) is 1.91. The predicted octanol–water partition coefficient (Wildman–Crippen LogP) is 4.32. The molecule has 0 aromatic rings. The minimum Gasteiger partial charge on any atom is -0.298 e. The van der Waals surface area contributed by atoms with Crippen LogP contribution in [0.1, 0.15) is 46.0 Å². The summed E-state index contributed by atoms with van der Waals surface area (Å²) in [4.78, 5) is 11.2. The maximum atomic E-state index is 11.2. The molecule has 0 spiro atoms. The fraction of sp³-hybridized carbons (Fsp3) is 0.900. The monoisotopic (exact) mass is 360 g/mol. The van der Waals surface area contributed by atoms with Crippen molar-refractivity contribution in [2.24, 2.45) is 5.92 Å². The van der Waals surface area contributed by atoms with E-state index in [1.807, 2.05) is 0 Å². The van der Waals surface area contributed by atoms with Crippen molar-refractivity contribution in [1.29, 1.82) is 0 Å². The zero-order valence-corrected chi connectivity index (χ0v) is 12.1. The van der Waals surface area contributed by atoms with Gasteiger partial charge in [-0.3, -0.25) is 4.79 Å². The maximum Gasteiger partial charge on any atom is 0.156 e. The van der Waals surface area contributed by atoms with E-state index in [0.717, 1.165) is 18.8 Å². The van der Waals surface area contributed by atoms with Crippen molar-refractivity contribution in [2.45, 2.75) is 48.8 Å². The molecule has 1 nitrogen and oxygen atoms in total. The van der Waals surface area contributed by atoms with Crippen LogP contribution in [0.4, 0.5) is 0 Å². The average molecular weight is 361 g/mol. The van der Waals surface area contributed by atoms with Crippen molar-refractivity contribution in [2.75, 3.05) is 0 Å². The molecule has 0 heterocycles. The standard InChI is InChI=1S/C10H18BrIO/c1-3-5-8(2)6-4-7-9(13)10(11)12/h8,10H,3-7H2,1-2H3. The minimum atomic E-state index is 0.00609. The van der Waals surface area contributed by atoms with E-state index in [4.69, 9.17) is 0 Å². The summed E-state index contributed by atoms with van der Waals surface area (Å²) in [6.07, 6.45) is 5.51. The lowest BCUT2D eigenvalue weighted by Gasteiger charge is -2.08. The molecule has 0 radical (unpaired) electrons. The summed E-state index contributed by atoms with van der Waals surface area (Å²) in [7, 11) is 0. The molecule has 0 aliphatic rings. The van der Waals surface area contributed by atoms with E-state index in [2.05, 4.69) is 52.4 Å². The molecule has 0 aromatic carbocycles. The smallest absolute Gasteiger partial charge is 0.156 e. The lowest BCUT2D eigenvalue weighted by molar-refractivity contribution is -0.117. The van der Waals surface area contributed by atoms with Gasteiger partial charge >= 0.3 is 0 Å². The van der Waals surface area contributed by atoms with Crippen LogP contribution in [0.15, 0.2) is 0 Å². The lowest BCUT2D eigenvalue weighted by atomic mass is 9.99. The fourth-order valence-electron chi connectivity index (χ4n) is 1.37. The summed E-state index contributed by atoms with van der Waals surface area (Å²) in [5.41, 5.74) is 0. The molecular formula is C10H18BrIO. The number of halogens is 2. The van der Waals surface area contributed by atoms with E-state index >= 15 is 0 Å². The largest absolute Gasteiger partial charge is 0.298 e. The molecular weight excluding hydrogens is 343 g/mol. The van der Waals surface area contributed by atoms with Gasteiger partial charge in [-0.15, -0.1) is 0 Å². The first kappa shape index (κ1) is 13.9. The number of alkyl halides is 2. The molecule has 0 aliphatic carbocycles. The van der Waals surface area contributed by atoms with Crippen LogP contribution < -0.4 is 0 Å². The molecule has 0 amide bonds. The van der Waals surface area contributed by atoms with Crippen LogP contribution in [0.2, 0.25) is 0 Å².